The summed E-state index contributed by atoms with van der Waals surface area (Å²) in [5.74, 6) is 1.99. The predicted molar refractivity (Wildman–Crippen MR) is 103 cm³/mol. The van der Waals surface area contributed by atoms with Gasteiger partial charge in [0.05, 0.1) is 17.8 Å². The first-order valence-corrected chi connectivity index (χ1v) is 10.1. The first kappa shape index (κ1) is 19.5. The van der Waals surface area contributed by atoms with Crippen molar-refractivity contribution in [1.82, 2.24) is 25.2 Å². The number of carbonyl (C=O) groups excluding carboxylic acids is 2. The fraction of sp³-hybridized carbons (Fsp3) is 0.412. The molecular formula is C17H20ClN5O3S. The SMILES string of the molecule is O=C(COc1ccccc1Cl)NCCn1cc(C(=O)N2CCSCC2)nn1. The average Bonchev–Trinajstić information content (AvgIpc) is 3.16. The standard InChI is InChI=1S/C17H20ClN5O3S/c18-13-3-1-2-4-15(13)26-12-16(24)19-5-6-23-11-14(20-21-23)17(25)22-7-9-27-10-8-22/h1-4,11H,5-10,12H2,(H,19,24). The number of nitrogens with one attached hydrogen (secondary N) is 1. The van der Waals surface area contributed by atoms with Crippen molar-refractivity contribution in [2.75, 3.05) is 37.7 Å². The number of halogens is 1. The van der Waals surface area contributed by atoms with E-state index < -0.39 is 0 Å². The Kier molecular flexibility index (Phi) is 6.94. The zero-order valence-electron chi connectivity index (χ0n) is 14.6. The Morgan fingerprint density at radius 1 is 1.26 bits per heavy atom. The molecule has 1 N–H and O–H groups in total. The summed E-state index contributed by atoms with van der Waals surface area (Å²) < 4.78 is 6.92. The Morgan fingerprint density at radius 2 is 2.04 bits per heavy atom. The van der Waals surface area contributed by atoms with E-state index in [9.17, 15) is 9.59 Å². The fourth-order valence-corrected chi connectivity index (χ4v) is 3.59. The highest BCUT2D eigenvalue weighted by atomic mass is 35.5. The van der Waals surface area contributed by atoms with Gasteiger partial charge in [-0.05, 0) is 12.1 Å². The highest BCUT2D eigenvalue weighted by molar-refractivity contribution is 7.99. The van der Waals surface area contributed by atoms with E-state index >= 15 is 0 Å². The van der Waals surface area contributed by atoms with Crippen molar-refractivity contribution in [2.24, 2.45) is 0 Å². The zero-order chi connectivity index (χ0) is 19.1. The smallest absolute Gasteiger partial charge is 0.276 e. The molecule has 144 valence electrons. The van der Waals surface area contributed by atoms with Crippen molar-refractivity contribution >= 4 is 35.2 Å². The van der Waals surface area contributed by atoms with Crippen molar-refractivity contribution in [1.29, 1.82) is 0 Å². The minimum absolute atomic E-state index is 0.0984. The summed E-state index contributed by atoms with van der Waals surface area (Å²) in [7, 11) is 0. The third-order valence-electron chi connectivity index (χ3n) is 3.91. The van der Waals surface area contributed by atoms with Crippen molar-refractivity contribution in [3.63, 3.8) is 0 Å². The molecule has 1 fully saturated rings. The summed E-state index contributed by atoms with van der Waals surface area (Å²) in [6, 6.07) is 6.97. The molecule has 0 atom stereocenters. The summed E-state index contributed by atoms with van der Waals surface area (Å²) >= 11 is 7.81. The van der Waals surface area contributed by atoms with Gasteiger partial charge < -0.3 is 15.0 Å². The molecule has 2 heterocycles. The molecule has 8 nitrogen and oxygen atoms in total. The Hall–Kier alpha value is -2.26. The van der Waals surface area contributed by atoms with Gasteiger partial charge in [-0.3, -0.25) is 9.59 Å². The van der Waals surface area contributed by atoms with Gasteiger partial charge in [-0.15, -0.1) is 5.10 Å². The Morgan fingerprint density at radius 3 is 2.81 bits per heavy atom. The quantitative estimate of drug-likeness (QED) is 0.741. The Labute approximate surface area is 166 Å². The molecule has 1 aliphatic heterocycles. The summed E-state index contributed by atoms with van der Waals surface area (Å²) in [5.41, 5.74) is 0.329. The largest absolute Gasteiger partial charge is 0.482 e. The van der Waals surface area contributed by atoms with Crippen LogP contribution in [0.3, 0.4) is 0 Å². The normalized spacial score (nSPS) is 14.0. The van der Waals surface area contributed by atoms with Gasteiger partial charge in [-0.25, -0.2) is 4.68 Å². The monoisotopic (exact) mass is 409 g/mol. The fourth-order valence-electron chi connectivity index (χ4n) is 2.50. The lowest BCUT2D eigenvalue weighted by molar-refractivity contribution is -0.123. The van der Waals surface area contributed by atoms with Gasteiger partial charge in [0, 0.05) is 31.1 Å². The van der Waals surface area contributed by atoms with Crippen molar-refractivity contribution in [3.05, 3.63) is 41.2 Å². The van der Waals surface area contributed by atoms with Crippen LogP contribution in [0.2, 0.25) is 5.02 Å². The van der Waals surface area contributed by atoms with Crippen LogP contribution in [0.15, 0.2) is 30.5 Å². The van der Waals surface area contributed by atoms with Crippen LogP contribution in [0.4, 0.5) is 0 Å². The third-order valence-corrected chi connectivity index (χ3v) is 5.17. The van der Waals surface area contributed by atoms with Gasteiger partial charge in [-0.1, -0.05) is 28.9 Å². The zero-order valence-corrected chi connectivity index (χ0v) is 16.2. The van der Waals surface area contributed by atoms with Crippen LogP contribution >= 0.6 is 23.4 Å². The summed E-state index contributed by atoms with van der Waals surface area (Å²) in [4.78, 5) is 26.0. The topological polar surface area (TPSA) is 89.4 Å². The maximum atomic E-state index is 12.3. The maximum Gasteiger partial charge on any atom is 0.276 e. The van der Waals surface area contributed by atoms with Gasteiger partial charge in [0.2, 0.25) is 0 Å². The number of para-hydroxylation sites is 1. The third kappa shape index (κ3) is 5.61. The molecule has 27 heavy (non-hydrogen) atoms. The number of hydrogen-bond acceptors (Lipinski definition) is 6. The molecule has 0 radical (unpaired) electrons. The second-order valence-electron chi connectivity index (χ2n) is 5.84. The van der Waals surface area contributed by atoms with Crippen LogP contribution in [-0.2, 0) is 11.3 Å². The van der Waals surface area contributed by atoms with Crippen molar-refractivity contribution in [2.45, 2.75) is 6.54 Å². The number of benzene rings is 1. The van der Waals surface area contributed by atoms with E-state index in [0.717, 1.165) is 24.6 Å². The Bertz CT molecular complexity index is 794. The lowest BCUT2D eigenvalue weighted by Gasteiger charge is -2.25. The van der Waals surface area contributed by atoms with Crippen molar-refractivity contribution in [3.8, 4) is 5.75 Å². The van der Waals surface area contributed by atoms with E-state index in [1.54, 1.807) is 40.0 Å². The van der Waals surface area contributed by atoms with Gasteiger partial charge in [0.1, 0.15) is 5.75 Å². The maximum absolute atomic E-state index is 12.3. The minimum Gasteiger partial charge on any atom is -0.482 e. The first-order valence-electron chi connectivity index (χ1n) is 8.54. The van der Waals surface area contributed by atoms with Crippen molar-refractivity contribution < 1.29 is 14.3 Å². The van der Waals surface area contributed by atoms with E-state index in [-0.39, 0.29) is 18.4 Å². The molecule has 0 aliphatic carbocycles. The van der Waals surface area contributed by atoms with Gasteiger partial charge in [-0.2, -0.15) is 11.8 Å². The van der Waals surface area contributed by atoms with E-state index in [4.69, 9.17) is 16.3 Å². The van der Waals surface area contributed by atoms with Crippen LogP contribution in [0, 0.1) is 0 Å². The minimum atomic E-state index is -0.267. The number of rotatable bonds is 7. The number of amides is 2. The predicted octanol–water partition coefficient (Wildman–Crippen LogP) is 1.32. The summed E-state index contributed by atoms with van der Waals surface area (Å²) in [5, 5.41) is 11.1. The second-order valence-corrected chi connectivity index (χ2v) is 7.47. The highest BCUT2D eigenvalue weighted by Crippen LogP contribution is 2.22. The van der Waals surface area contributed by atoms with E-state index in [1.807, 2.05) is 11.8 Å². The van der Waals surface area contributed by atoms with Gasteiger partial charge in [0.25, 0.3) is 11.8 Å². The molecule has 0 spiro atoms. The van der Waals surface area contributed by atoms with E-state index in [2.05, 4.69) is 15.6 Å². The summed E-state index contributed by atoms with van der Waals surface area (Å²) in [6.45, 7) is 2.10. The lowest BCUT2D eigenvalue weighted by Crippen LogP contribution is -2.38. The Balaban J connectivity index is 1.40. The molecule has 2 amide bonds. The number of ether oxygens (including phenoxy) is 1. The number of hydrogen-bond donors (Lipinski definition) is 1. The van der Waals surface area contributed by atoms with Crippen LogP contribution in [0.5, 0.6) is 5.75 Å². The van der Waals surface area contributed by atoms with E-state index in [1.165, 1.54) is 0 Å². The molecule has 0 unspecified atom stereocenters. The van der Waals surface area contributed by atoms with Gasteiger partial charge in [0.15, 0.2) is 12.3 Å². The highest BCUT2D eigenvalue weighted by Gasteiger charge is 2.21. The van der Waals surface area contributed by atoms with E-state index in [0.29, 0.717) is 29.6 Å². The van der Waals surface area contributed by atoms with Crippen LogP contribution in [0.1, 0.15) is 10.5 Å². The molecule has 0 saturated carbocycles. The molecule has 10 heteroatoms. The molecule has 3 rings (SSSR count). The summed E-state index contributed by atoms with van der Waals surface area (Å²) in [6.07, 6.45) is 1.61. The number of nitrogens with zero attached hydrogens (tertiary/aromatic N) is 4. The van der Waals surface area contributed by atoms with Crippen LogP contribution < -0.4 is 10.1 Å². The molecule has 2 aromatic rings. The molecule has 1 aromatic heterocycles. The number of thioether (sulfide) groups is 1. The second kappa shape index (κ2) is 9.61. The van der Waals surface area contributed by atoms with Crippen LogP contribution in [0.25, 0.3) is 0 Å². The first-order chi connectivity index (χ1) is 13.1. The molecule has 1 aromatic carbocycles. The molecule has 1 saturated heterocycles. The van der Waals surface area contributed by atoms with Crippen LogP contribution in [-0.4, -0.2) is 69.5 Å². The average molecular weight is 410 g/mol. The molecule has 0 bridgehead atoms. The number of carbonyl (C=O) groups is 2. The molecule has 1 aliphatic rings. The number of aromatic nitrogens is 3. The molecular weight excluding hydrogens is 390 g/mol. The van der Waals surface area contributed by atoms with Gasteiger partial charge >= 0.3 is 0 Å². The lowest BCUT2D eigenvalue weighted by atomic mass is 10.3.